The molecular weight excluding hydrogens is 442 g/mol. The van der Waals surface area contributed by atoms with Crippen LogP contribution in [-0.4, -0.2) is 42.8 Å². The van der Waals surface area contributed by atoms with Gasteiger partial charge in [0.1, 0.15) is 6.54 Å². The smallest absolute Gasteiger partial charge is 0.408 e. The summed E-state index contributed by atoms with van der Waals surface area (Å²) < 4.78 is 34.3. The second-order valence-corrected chi connectivity index (χ2v) is 10.9. The van der Waals surface area contributed by atoms with Crippen molar-refractivity contribution in [1.82, 2.24) is 14.2 Å². The highest BCUT2D eigenvalue weighted by Gasteiger charge is 2.32. The average Bonchev–Trinajstić information content (AvgIpc) is 3.08. The van der Waals surface area contributed by atoms with E-state index >= 15 is 0 Å². The lowest BCUT2D eigenvalue weighted by Crippen LogP contribution is -2.42. The van der Waals surface area contributed by atoms with Gasteiger partial charge in [0.05, 0.1) is 10.4 Å². The Balaban J connectivity index is 1.48. The van der Waals surface area contributed by atoms with Gasteiger partial charge >= 0.3 is 5.76 Å². The molecule has 0 spiro atoms. The number of nitrogens with one attached hydrogen (secondary N) is 1. The van der Waals surface area contributed by atoms with Gasteiger partial charge in [0.2, 0.25) is 15.9 Å². The van der Waals surface area contributed by atoms with E-state index in [1.54, 1.807) is 0 Å². The van der Waals surface area contributed by atoms with Gasteiger partial charge in [0.25, 0.3) is 0 Å². The van der Waals surface area contributed by atoms with E-state index in [2.05, 4.69) is 5.32 Å². The van der Waals surface area contributed by atoms with Crippen molar-refractivity contribution in [2.75, 3.05) is 19.6 Å². The van der Waals surface area contributed by atoms with Gasteiger partial charge in [-0.05, 0) is 42.4 Å². The zero-order chi connectivity index (χ0) is 23.6. The van der Waals surface area contributed by atoms with Crippen LogP contribution in [0.15, 0.2) is 62.6 Å². The molecule has 0 aliphatic carbocycles. The van der Waals surface area contributed by atoms with Crippen LogP contribution in [0.4, 0.5) is 0 Å². The van der Waals surface area contributed by atoms with Gasteiger partial charge < -0.3 is 9.73 Å². The fourth-order valence-corrected chi connectivity index (χ4v) is 6.19. The van der Waals surface area contributed by atoms with Gasteiger partial charge in [0.15, 0.2) is 5.58 Å². The van der Waals surface area contributed by atoms with Gasteiger partial charge in [-0.15, -0.1) is 0 Å². The fourth-order valence-electron chi connectivity index (χ4n) is 4.50. The first-order valence-corrected chi connectivity index (χ1v) is 12.6. The van der Waals surface area contributed by atoms with Crippen molar-refractivity contribution in [3.8, 4) is 0 Å². The van der Waals surface area contributed by atoms with Gasteiger partial charge in [-0.1, -0.05) is 44.2 Å². The second kappa shape index (κ2) is 9.52. The third-order valence-electron chi connectivity index (χ3n) is 5.99. The van der Waals surface area contributed by atoms with Crippen molar-refractivity contribution in [3.05, 3.63) is 64.6 Å². The van der Waals surface area contributed by atoms with Crippen LogP contribution in [-0.2, 0) is 27.8 Å². The summed E-state index contributed by atoms with van der Waals surface area (Å²) in [6.07, 6.45) is 1.68. The standard InChI is InChI=1S/C24H29N3O5S/c1-17-12-18(2)15-26(14-17)33(30,31)20-8-9-21-22(13-20)32-24(29)27(21)16-23(28)25-11-10-19-6-4-3-5-7-19/h3-9,13,17-18H,10-12,14-16H2,1-2H3,(H,25,28)/t17-,18-/m0/s1. The molecule has 33 heavy (non-hydrogen) atoms. The lowest BCUT2D eigenvalue weighted by molar-refractivity contribution is -0.121. The molecule has 1 aromatic heterocycles. The summed E-state index contributed by atoms with van der Waals surface area (Å²) in [4.78, 5) is 24.8. The first kappa shape index (κ1) is 23.3. The molecule has 0 radical (unpaired) electrons. The summed E-state index contributed by atoms with van der Waals surface area (Å²) >= 11 is 0. The molecule has 1 aliphatic heterocycles. The van der Waals surface area contributed by atoms with E-state index < -0.39 is 15.8 Å². The lowest BCUT2D eigenvalue weighted by atomic mass is 9.94. The number of nitrogens with zero attached hydrogens (tertiary/aromatic N) is 2. The molecule has 176 valence electrons. The molecule has 1 amide bonds. The maximum absolute atomic E-state index is 13.2. The van der Waals surface area contributed by atoms with Crippen LogP contribution in [0, 0.1) is 11.8 Å². The number of carbonyl (C=O) groups is 1. The first-order chi connectivity index (χ1) is 15.7. The minimum atomic E-state index is -3.70. The number of oxazole rings is 1. The van der Waals surface area contributed by atoms with E-state index in [1.807, 2.05) is 44.2 Å². The molecule has 1 saturated heterocycles. The third kappa shape index (κ3) is 5.20. The molecule has 0 bridgehead atoms. The summed E-state index contributed by atoms with van der Waals surface area (Å²) in [5, 5.41) is 2.81. The Morgan fingerprint density at radius 2 is 1.79 bits per heavy atom. The molecule has 1 fully saturated rings. The largest absolute Gasteiger partial charge is 0.420 e. The van der Waals surface area contributed by atoms with Crippen molar-refractivity contribution in [2.24, 2.45) is 11.8 Å². The monoisotopic (exact) mass is 471 g/mol. The third-order valence-corrected chi connectivity index (χ3v) is 7.82. The highest BCUT2D eigenvalue weighted by molar-refractivity contribution is 7.89. The number of amides is 1. The number of piperidine rings is 1. The highest BCUT2D eigenvalue weighted by atomic mass is 32.2. The number of fused-ring (bicyclic) bond motifs is 1. The van der Waals surface area contributed by atoms with Crippen LogP contribution >= 0.6 is 0 Å². The number of sulfonamides is 1. The minimum absolute atomic E-state index is 0.0875. The van der Waals surface area contributed by atoms with Crippen molar-refractivity contribution >= 4 is 27.0 Å². The van der Waals surface area contributed by atoms with Crippen LogP contribution in [0.25, 0.3) is 11.1 Å². The number of rotatable bonds is 7. The molecule has 2 heterocycles. The molecule has 9 heteroatoms. The van der Waals surface area contributed by atoms with Crippen LogP contribution in [0.3, 0.4) is 0 Å². The van der Waals surface area contributed by atoms with Gasteiger partial charge in [0, 0.05) is 25.7 Å². The Bertz CT molecular complexity index is 1290. The molecule has 2 atom stereocenters. The quantitative estimate of drug-likeness (QED) is 0.571. The Labute approximate surface area is 193 Å². The SMILES string of the molecule is C[C@H]1C[C@H](C)CN(S(=O)(=O)c2ccc3c(c2)oc(=O)n3CC(=O)NCCc2ccccc2)C1. The molecule has 0 unspecified atom stereocenters. The minimum Gasteiger partial charge on any atom is -0.408 e. The number of hydrogen-bond acceptors (Lipinski definition) is 5. The predicted octanol–water partition coefficient (Wildman–Crippen LogP) is 2.62. The highest BCUT2D eigenvalue weighted by Crippen LogP contribution is 2.28. The van der Waals surface area contributed by atoms with E-state index in [9.17, 15) is 18.0 Å². The molecule has 2 aromatic carbocycles. The lowest BCUT2D eigenvalue weighted by Gasteiger charge is -2.34. The number of hydrogen-bond donors (Lipinski definition) is 1. The van der Waals surface area contributed by atoms with E-state index in [4.69, 9.17) is 4.42 Å². The zero-order valence-corrected chi connectivity index (χ0v) is 19.7. The van der Waals surface area contributed by atoms with Crippen molar-refractivity contribution in [3.63, 3.8) is 0 Å². The summed E-state index contributed by atoms with van der Waals surface area (Å²) in [7, 11) is -3.70. The number of aromatic nitrogens is 1. The Hall–Kier alpha value is -2.91. The first-order valence-electron chi connectivity index (χ1n) is 11.2. The average molecular weight is 472 g/mol. The van der Waals surface area contributed by atoms with E-state index in [0.717, 1.165) is 12.0 Å². The van der Waals surface area contributed by atoms with E-state index in [0.29, 0.717) is 31.6 Å². The van der Waals surface area contributed by atoms with Crippen molar-refractivity contribution in [1.29, 1.82) is 0 Å². The molecule has 1 aliphatic rings. The molecule has 4 rings (SSSR count). The Morgan fingerprint density at radius 1 is 1.09 bits per heavy atom. The Morgan fingerprint density at radius 3 is 2.48 bits per heavy atom. The zero-order valence-electron chi connectivity index (χ0n) is 18.9. The molecule has 0 saturated carbocycles. The van der Waals surface area contributed by atoms with Gasteiger partial charge in [-0.3, -0.25) is 9.36 Å². The van der Waals surface area contributed by atoms with Gasteiger partial charge in [-0.25, -0.2) is 13.2 Å². The van der Waals surface area contributed by atoms with E-state index in [-0.39, 0.29) is 34.8 Å². The summed E-state index contributed by atoms with van der Waals surface area (Å²) in [6, 6.07) is 14.2. The molecule has 3 aromatic rings. The maximum Gasteiger partial charge on any atom is 0.420 e. The van der Waals surface area contributed by atoms with Crippen LogP contribution in [0.2, 0.25) is 0 Å². The van der Waals surface area contributed by atoms with Crippen molar-refractivity contribution < 1.29 is 17.6 Å². The Kier molecular flexibility index (Phi) is 6.71. The predicted molar refractivity (Wildman–Crippen MR) is 125 cm³/mol. The van der Waals surface area contributed by atoms with Crippen LogP contribution in [0.1, 0.15) is 25.8 Å². The topological polar surface area (TPSA) is 102 Å². The normalized spacial score (nSPS) is 19.6. The maximum atomic E-state index is 13.2. The van der Waals surface area contributed by atoms with Crippen LogP contribution in [0.5, 0.6) is 0 Å². The summed E-state index contributed by atoms with van der Waals surface area (Å²) in [5.41, 5.74) is 1.64. The van der Waals surface area contributed by atoms with E-state index in [1.165, 1.54) is 27.1 Å². The number of benzene rings is 2. The summed E-state index contributed by atoms with van der Waals surface area (Å²) in [6.45, 7) is 5.28. The van der Waals surface area contributed by atoms with Crippen LogP contribution < -0.4 is 11.1 Å². The fraction of sp³-hybridized carbons (Fsp3) is 0.417. The number of carbonyl (C=O) groups excluding carboxylic acids is 1. The second-order valence-electron chi connectivity index (χ2n) is 8.94. The molecule has 8 nitrogen and oxygen atoms in total. The van der Waals surface area contributed by atoms with Gasteiger partial charge in [-0.2, -0.15) is 4.31 Å². The van der Waals surface area contributed by atoms with Crippen molar-refractivity contribution in [2.45, 2.75) is 38.1 Å². The molecule has 1 N–H and O–H groups in total. The molecular formula is C24H29N3O5S. The summed E-state index contributed by atoms with van der Waals surface area (Å²) in [5.74, 6) is -0.444.